The van der Waals surface area contributed by atoms with Gasteiger partial charge in [0.15, 0.2) is 0 Å². The molecule has 4 heteroatoms. The Balaban J connectivity index is 2.03. The van der Waals surface area contributed by atoms with Crippen molar-refractivity contribution in [1.82, 2.24) is 4.98 Å². The molecule has 2 N–H and O–H groups in total. The smallest absolute Gasteiger partial charge is 0.256 e. The van der Waals surface area contributed by atoms with Gasteiger partial charge >= 0.3 is 0 Å². The van der Waals surface area contributed by atoms with Crippen LogP contribution in [0.15, 0.2) is 59.4 Å². The number of nitrogens with one attached hydrogen (secondary N) is 1. The standard InChI is InChI=1S/C21H17NO3/c1-12-19(15-8-7-13-5-3-4-6-14(13)9-15)21(24)22-17-10-16(25-2)11-18(23)20(12)17/h3-11,23H,1-2H3,(H,22,24). The summed E-state index contributed by atoms with van der Waals surface area (Å²) < 4.78 is 5.16. The molecule has 25 heavy (non-hydrogen) atoms. The van der Waals surface area contributed by atoms with Crippen molar-refractivity contribution in [3.05, 3.63) is 70.5 Å². The second-order valence-corrected chi connectivity index (χ2v) is 6.09. The van der Waals surface area contributed by atoms with Crippen molar-refractivity contribution in [3.8, 4) is 22.6 Å². The van der Waals surface area contributed by atoms with Crippen LogP contribution in [0.2, 0.25) is 0 Å². The van der Waals surface area contributed by atoms with E-state index < -0.39 is 0 Å². The maximum absolute atomic E-state index is 12.7. The van der Waals surface area contributed by atoms with E-state index in [0.29, 0.717) is 22.2 Å². The number of hydrogen-bond acceptors (Lipinski definition) is 3. The van der Waals surface area contributed by atoms with Crippen LogP contribution in [0, 0.1) is 6.92 Å². The second-order valence-electron chi connectivity index (χ2n) is 6.09. The molecule has 0 fully saturated rings. The lowest BCUT2D eigenvalue weighted by Crippen LogP contribution is -2.11. The van der Waals surface area contributed by atoms with Crippen molar-refractivity contribution in [2.75, 3.05) is 7.11 Å². The molecule has 0 saturated heterocycles. The molecule has 0 spiro atoms. The maximum atomic E-state index is 12.7. The van der Waals surface area contributed by atoms with E-state index in [0.717, 1.165) is 21.9 Å². The average molecular weight is 331 g/mol. The zero-order valence-corrected chi connectivity index (χ0v) is 14.0. The number of fused-ring (bicyclic) bond motifs is 2. The SMILES string of the molecule is COc1cc(O)c2c(C)c(-c3ccc4ccccc4c3)c(=O)[nH]c2c1. The quantitative estimate of drug-likeness (QED) is 0.573. The average Bonchev–Trinajstić information content (AvgIpc) is 2.60. The number of phenolic OH excluding ortho intramolecular Hbond substituents is 1. The van der Waals surface area contributed by atoms with Crippen molar-refractivity contribution < 1.29 is 9.84 Å². The van der Waals surface area contributed by atoms with Gasteiger partial charge in [-0.05, 0) is 34.9 Å². The highest BCUT2D eigenvalue weighted by atomic mass is 16.5. The molecule has 0 atom stereocenters. The minimum Gasteiger partial charge on any atom is -0.507 e. The lowest BCUT2D eigenvalue weighted by Gasteiger charge is -2.12. The first kappa shape index (κ1) is 15.3. The number of methoxy groups -OCH3 is 1. The van der Waals surface area contributed by atoms with Crippen LogP contribution in [0.25, 0.3) is 32.8 Å². The third kappa shape index (κ3) is 2.43. The van der Waals surface area contributed by atoms with Gasteiger partial charge in [0.05, 0.1) is 18.2 Å². The molecule has 1 aromatic heterocycles. The Morgan fingerprint density at radius 1 is 1.00 bits per heavy atom. The highest BCUT2D eigenvalue weighted by Crippen LogP contribution is 2.35. The zero-order chi connectivity index (χ0) is 17.6. The monoisotopic (exact) mass is 331 g/mol. The van der Waals surface area contributed by atoms with Crippen LogP contribution in [-0.2, 0) is 0 Å². The molecule has 0 unspecified atom stereocenters. The molecule has 4 rings (SSSR count). The summed E-state index contributed by atoms with van der Waals surface area (Å²) in [5, 5.41) is 13.2. The van der Waals surface area contributed by atoms with Gasteiger partial charge < -0.3 is 14.8 Å². The fourth-order valence-corrected chi connectivity index (χ4v) is 3.38. The number of rotatable bonds is 2. The Hall–Kier alpha value is -3.27. The summed E-state index contributed by atoms with van der Waals surface area (Å²) in [6.45, 7) is 1.86. The number of phenols is 1. The normalized spacial score (nSPS) is 11.1. The van der Waals surface area contributed by atoms with Crippen LogP contribution < -0.4 is 10.3 Å². The molecule has 0 bridgehead atoms. The van der Waals surface area contributed by atoms with Gasteiger partial charge in [0, 0.05) is 17.5 Å². The third-order valence-electron chi connectivity index (χ3n) is 4.59. The van der Waals surface area contributed by atoms with Crippen LogP contribution in [0.5, 0.6) is 11.5 Å². The van der Waals surface area contributed by atoms with E-state index in [2.05, 4.69) is 4.98 Å². The number of pyridine rings is 1. The minimum atomic E-state index is -0.187. The van der Waals surface area contributed by atoms with Gasteiger partial charge in [-0.1, -0.05) is 36.4 Å². The fraction of sp³-hybridized carbons (Fsp3) is 0.0952. The summed E-state index contributed by atoms with van der Waals surface area (Å²) in [6.07, 6.45) is 0. The Labute approximate surface area is 144 Å². The highest BCUT2D eigenvalue weighted by Gasteiger charge is 2.15. The highest BCUT2D eigenvalue weighted by molar-refractivity contribution is 5.95. The molecule has 0 aliphatic heterocycles. The number of aromatic hydroxyl groups is 1. The topological polar surface area (TPSA) is 62.3 Å². The van der Waals surface area contributed by atoms with Crippen molar-refractivity contribution in [1.29, 1.82) is 0 Å². The molecule has 3 aromatic carbocycles. The Bertz CT molecular complexity index is 1180. The predicted molar refractivity (Wildman–Crippen MR) is 100 cm³/mol. The lowest BCUT2D eigenvalue weighted by molar-refractivity contribution is 0.409. The van der Waals surface area contributed by atoms with E-state index in [4.69, 9.17) is 4.74 Å². The number of H-pyrrole nitrogens is 1. The van der Waals surface area contributed by atoms with Gasteiger partial charge in [-0.15, -0.1) is 0 Å². The number of aryl methyl sites for hydroxylation is 1. The van der Waals surface area contributed by atoms with Gasteiger partial charge in [-0.25, -0.2) is 0 Å². The molecular weight excluding hydrogens is 314 g/mol. The maximum Gasteiger partial charge on any atom is 0.256 e. The van der Waals surface area contributed by atoms with E-state index in [-0.39, 0.29) is 11.3 Å². The predicted octanol–water partition coefficient (Wildman–Crippen LogP) is 4.37. The van der Waals surface area contributed by atoms with E-state index in [1.165, 1.54) is 7.11 Å². The van der Waals surface area contributed by atoms with Crippen LogP contribution in [-0.4, -0.2) is 17.2 Å². The van der Waals surface area contributed by atoms with Gasteiger partial charge in [0.2, 0.25) is 0 Å². The largest absolute Gasteiger partial charge is 0.507 e. The summed E-state index contributed by atoms with van der Waals surface area (Å²) in [5.41, 5.74) is 2.51. The van der Waals surface area contributed by atoms with E-state index in [1.807, 2.05) is 49.4 Å². The summed E-state index contributed by atoms with van der Waals surface area (Å²) in [4.78, 5) is 15.6. The number of ether oxygens (including phenoxy) is 1. The number of aromatic nitrogens is 1. The van der Waals surface area contributed by atoms with Crippen LogP contribution >= 0.6 is 0 Å². The molecular formula is C21H17NO3. The van der Waals surface area contributed by atoms with E-state index in [9.17, 15) is 9.90 Å². The van der Waals surface area contributed by atoms with Crippen molar-refractivity contribution >= 4 is 21.7 Å². The Morgan fingerprint density at radius 3 is 2.52 bits per heavy atom. The molecule has 0 saturated carbocycles. The second kappa shape index (κ2) is 5.67. The molecule has 0 amide bonds. The first-order valence-electron chi connectivity index (χ1n) is 8.01. The fourth-order valence-electron chi connectivity index (χ4n) is 3.38. The number of benzene rings is 3. The summed E-state index contributed by atoms with van der Waals surface area (Å²) >= 11 is 0. The molecule has 0 radical (unpaired) electrons. The van der Waals surface area contributed by atoms with Crippen molar-refractivity contribution in [2.45, 2.75) is 6.92 Å². The third-order valence-corrected chi connectivity index (χ3v) is 4.59. The first-order chi connectivity index (χ1) is 12.1. The minimum absolute atomic E-state index is 0.0881. The lowest BCUT2D eigenvalue weighted by atomic mass is 9.96. The Kier molecular flexibility index (Phi) is 3.46. The molecule has 4 nitrogen and oxygen atoms in total. The van der Waals surface area contributed by atoms with Crippen molar-refractivity contribution in [3.63, 3.8) is 0 Å². The Morgan fingerprint density at radius 2 is 1.76 bits per heavy atom. The van der Waals surface area contributed by atoms with E-state index >= 15 is 0 Å². The first-order valence-corrected chi connectivity index (χ1v) is 8.01. The van der Waals surface area contributed by atoms with Gasteiger partial charge in [-0.3, -0.25) is 4.79 Å². The molecule has 1 heterocycles. The summed E-state index contributed by atoms with van der Waals surface area (Å²) in [6, 6.07) is 17.2. The molecule has 4 aromatic rings. The summed E-state index contributed by atoms with van der Waals surface area (Å²) in [5.74, 6) is 0.587. The number of aromatic amines is 1. The van der Waals surface area contributed by atoms with Crippen LogP contribution in [0.1, 0.15) is 5.56 Å². The van der Waals surface area contributed by atoms with Crippen molar-refractivity contribution in [2.24, 2.45) is 0 Å². The van der Waals surface area contributed by atoms with Gasteiger partial charge in [-0.2, -0.15) is 0 Å². The zero-order valence-electron chi connectivity index (χ0n) is 14.0. The van der Waals surface area contributed by atoms with Crippen LogP contribution in [0.4, 0.5) is 0 Å². The van der Waals surface area contributed by atoms with Gasteiger partial charge in [0.25, 0.3) is 5.56 Å². The molecule has 124 valence electrons. The van der Waals surface area contributed by atoms with E-state index in [1.54, 1.807) is 12.1 Å². The molecule has 0 aliphatic rings. The number of hydrogen-bond donors (Lipinski definition) is 2. The van der Waals surface area contributed by atoms with Gasteiger partial charge in [0.1, 0.15) is 11.5 Å². The van der Waals surface area contributed by atoms with Crippen LogP contribution in [0.3, 0.4) is 0 Å². The summed E-state index contributed by atoms with van der Waals surface area (Å²) in [7, 11) is 1.52. The molecule has 0 aliphatic carbocycles.